The van der Waals surface area contributed by atoms with E-state index in [9.17, 15) is 4.79 Å². The third-order valence-electron chi connectivity index (χ3n) is 11.1. The molecule has 0 saturated carbocycles. The summed E-state index contributed by atoms with van der Waals surface area (Å²) < 4.78 is 29.3. The number of ether oxygens (including phenoxy) is 2. The highest BCUT2D eigenvalue weighted by Gasteiger charge is 2.46. The van der Waals surface area contributed by atoms with Crippen molar-refractivity contribution in [2.45, 2.75) is 102 Å². The van der Waals surface area contributed by atoms with E-state index in [0.717, 1.165) is 80.8 Å². The zero-order valence-corrected chi connectivity index (χ0v) is 29.2. The van der Waals surface area contributed by atoms with Crippen LogP contribution in [0.4, 0.5) is 15.0 Å². The Kier molecular flexibility index (Phi) is 8.12. The number of benzene rings is 2. The molecule has 2 bridgehead atoms. The maximum atomic E-state index is 17.1. The van der Waals surface area contributed by atoms with Crippen LogP contribution in [-0.4, -0.2) is 86.9 Å². The summed E-state index contributed by atoms with van der Waals surface area (Å²) in [6, 6.07) is 12.4. The van der Waals surface area contributed by atoms with Crippen molar-refractivity contribution in [2.24, 2.45) is 0 Å². The van der Waals surface area contributed by atoms with Gasteiger partial charge in [0.15, 0.2) is 5.82 Å². The molecule has 0 N–H and O–H groups in total. The summed E-state index contributed by atoms with van der Waals surface area (Å²) in [4.78, 5) is 34.4. The van der Waals surface area contributed by atoms with E-state index in [1.54, 1.807) is 6.20 Å². The number of hydrogen-bond acceptors (Lipinski definition) is 8. The first-order chi connectivity index (χ1) is 23.6. The number of carbonyl (C=O) groups excluding carboxylic acids is 1. The zero-order valence-electron chi connectivity index (χ0n) is 29.2. The van der Waals surface area contributed by atoms with Crippen LogP contribution < -0.4 is 9.64 Å². The number of halogens is 1. The van der Waals surface area contributed by atoms with Crippen LogP contribution in [0.5, 0.6) is 6.01 Å². The molecule has 0 unspecified atom stereocenters. The topological polar surface area (TPSA) is 83.9 Å². The highest BCUT2D eigenvalue weighted by molar-refractivity contribution is 6.00. The lowest BCUT2D eigenvalue weighted by Gasteiger charge is -2.42. The van der Waals surface area contributed by atoms with Crippen LogP contribution in [0.3, 0.4) is 0 Å². The summed E-state index contributed by atoms with van der Waals surface area (Å²) in [6.07, 6.45) is 9.59. The molecule has 2 aromatic carbocycles. The van der Waals surface area contributed by atoms with E-state index in [1.165, 1.54) is 5.56 Å². The molecule has 10 heteroatoms. The third kappa shape index (κ3) is 5.75. The van der Waals surface area contributed by atoms with Gasteiger partial charge in [0.05, 0.1) is 23.0 Å². The molecule has 4 saturated heterocycles. The van der Waals surface area contributed by atoms with E-state index in [4.69, 9.17) is 24.4 Å². The summed E-state index contributed by atoms with van der Waals surface area (Å²) in [5.41, 5.74) is 1.86. The quantitative estimate of drug-likeness (QED) is 0.200. The number of nitrogens with zero attached hydrogens (tertiary/aromatic N) is 6. The van der Waals surface area contributed by atoms with Crippen LogP contribution in [0.2, 0.25) is 0 Å². The van der Waals surface area contributed by atoms with Gasteiger partial charge in [-0.25, -0.2) is 9.18 Å². The molecule has 4 aliphatic heterocycles. The molecule has 1 amide bonds. The molecule has 4 fully saturated rings. The Morgan fingerprint density at radius 3 is 2.43 bits per heavy atom. The second-order valence-electron chi connectivity index (χ2n) is 15.5. The summed E-state index contributed by atoms with van der Waals surface area (Å²) in [6.45, 7) is 11.6. The number of amides is 1. The second kappa shape index (κ2) is 12.4. The molecule has 49 heavy (non-hydrogen) atoms. The molecule has 0 spiro atoms. The third-order valence-corrected chi connectivity index (χ3v) is 11.1. The summed E-state index contributed by atoms with van der Waals surface area (Å²) in [7, 11) is 0. The average Bonchev–Trinajstić information content (AvgIpc) is 3.74. The monoisotopic (exact) mass is 666 g/mol. The molecular formula is C39H47FN6O3. The number of aromatic nitrogens is 3. The highest BCUT2D eigenvalue weighted by Crippen LogP contribution is 2.41. The maximum Gasteiger partial charge on any atom is 0.410 e. The molecule has 258 valence electrons. The largest absolute Gasteiger partial charge is 0.461 e. The zero-order chi connectivity index (χ0) is 33.9. The van der Waals surface area contributed by atoms with E-state index in [2.05, 4.69) is 41.0 Å². The summed E-state index contributed by atoms with van der Waals surface area (Å²) >= 11 is 0. The van der Waals surface area contributed by atoms with E-state index in [1.807, 2.05) is 37.8 Å². The molecule has 4 aliphatic rings. The maximum absolute atomic E-state index is 17.1. The van der Waals surface area contributed by atoms with Crippen molar-refractivity contribution in [1.29, 1.82) is 0 Å². The number of pyridine rings is 1. The fraction of sp³-hybridized carbons (Fsp3) is 0.538. The van der Waals surface area contributed by atoms with Crippen LogP contribution in [0, 0.1) is 5.82 Å². The van der Waals surface area contributed by atoms with Crippen molar-refractivity contribution < 1.29 is 18.7 Å². The standard InChI is InChI=1S/C39H47FN6O3/c1-5-10-25-11-6-12-26-13-7-14-29(31(25)26)33-32(40)34-30(21-41-33)35(43-36(42-34)48-24-39-17-8-19-45(39)20-9-18-39)44-22-27-15-16-28(23-44)46(27)37(47)49-38(2,3)4/h6-7,11-14,21,27-28H,5,8-10,15-20,22-24H2,1-4H3/t27-,28+. The molecule has 9 nitrogen and oxygen atoms in total. The minimum Gasteiger partial charge on any atom is -0.461 e. The van der Waals surface area contributed by atoms with Gasteiger partial charge in [0.25, 0.3) is 0 Å². The molecule has 2 aromatic heterocycles. The van der Waals surface area contributed by atoms with Crippen molar-refractivity contribution in [3.05, 3.63) is 54.0 Å². The van der Waals surface area contributed by atoms with Crippen LogP contribution in [0.25, 0.3) is 32.9 Å². The first kappa shape index (κ1) is 32.2. The number of aryl methyl sites for hydroxylation is 1. The Labute approximate surface area is 287 Å². The van der Waals surface area contributed by atoms with E-state index >= 15 is 4.39 Å². The van der Waals surface area contributed by atoms with Gasteiger partial charge in [-0.05, 0) is 95.1 Å². The van der Waals surface area contributed by atoms with Crippen LogP contribution in [0.1, 0.15) is 78.2 Å². The average molecular weight is 667 g/mol. The minimum absolute atomic E-state index is 0.00277. The van der Waals surface area contributed by atoms with E-state index < -0.39 is 11.4 Å². The summed E-state index contributed by atoms with van der Waals surface area (Å²) in [5, 5.41) is 2.64. The van der Waals surface area contributed by atoms with Crippen LogP contribution in [0.15, 0.2) is 42.6 Å². The fourth-order valence-corrected chi connectivity index (χ4v) is 8.96. The number of piperazine rings is 1. The van der Waals surface area contributed by atoms with Gasteiger partial charge in [0.2, 0.25) is 0 Å². The fourth-order valence-electron chi connectivity index (χ4n) is 8.96. The lowest BCUT2D eigenvalue weighted by Crippen LogP contribution is -2.57. The van der Waals surface area contributed by atoms with Crippen molar-refractivity contribution in [3.8, 4) is 17.3 Å². The molecule has 4 aromatic rings. The normalized spacial score (nSPS) is 21.9. The van der Waals surface area contributed by atoms with E-state index in [-0.39, 0.29) is 40.9 Å². The van der Waals surface area contributed by atoms with Crippen molar-refractivity contribution in [2.75, 3.05) is 37.7 Å². The SMILES string of the molecule is CCCc1cccc2cccc(-c3ncc4c(N5C[C@H]6CC[C@@H](C5)N6C(=O)OC(C)(C)C)nc(OCC56CCCN5CCC6)nc4c3F)c12. The predicted molar refractivity (Wildman–Crippen MR) is 190 cm³/mol. The van der Waals surface area contributed by atoms with Gasteiger partial charge in [0, 0.05) is 24.8 Å². The molecule has 8 rings (SSSR count). The number of fused-ring (bicyclic) bond motifs is 5. The first-order valence-corrected chi connectivity index (χ1v) is 18.2. The second-order valence-corrected chi connectivity index (χ2v) is 15.5. The van der Waals surface area contributed by atoms with Crippen molar-refractivity contribution >= 4 is 33.6 Å². The van der Waals surface area contributed by atoms with Gasteiger partial charge in [0.1, 0.15) is 29.2 Å². The number of rotatable bonds is 7. The van der Waals surface area contributed by atoms with Gasteiger partial charge in [-0.1, -0.05) is 49.7 Å². The van der Waals surface area contributed by atoms with Crippen molar-refractivity contribution in [3.63, 3.8) is 0 Å². The molecule has 2 atom stereocenters. The Balaban J connectivity index is 1.21. The Hall–Kier alpha value is -4.05. The van der Waals surface area contributed by atoms with Crippen LogP contribution in [-0.2, 0) is 11.2 Å². The van der Waals surface area contributed by atoms with Gasteiger partial charge in [-0.15, -0.1) is 0 Å². The summed E-state index contributed by atoms with van der Waals surface area (Å²) in [5.74, 6) is 0.136. The van der Waals surface area contributed by atoms with Crippen molar-refractivity contribution in [1.82, 2.24) is 24.8 Å². The van der Waals surface area contributed by atoms with Crippen LogP contribution >= 0.6 is 0 Å². The van der Waals surface area contributed by atoms with Gasteiger partial charge in [-0.2, -0.15) is 9.97 Å². The molecule has 0 radical (unpaired) electrons. The molecular weight excluding hydrogens is 619 g/mol. The number of hydrogen-bond donors (Lipinski definition) is 0. The van der Waals surface area contributed by atoms with Gasteiger partial charge < -0.3 is 14.4 Å². The first-order valence-electron chi connectivity index (χ1n) is 18.2. The Bertz CT molecular complexity index is 1880. The minimum atomic E-state index is -0.571. The smallest absolute Gasteiger partial charge is 0.410 e. The highest BCUT2D eigenvalue weighted by atomic mass is 19.1. The van der Waals surface area contributed by atoms with E-state index in [0.29, 0.717) is 30.9 Å². The van der Waals surface area contributed by atoms with Gasteiger partial charge >= 0.3 is 12.1 Å². The number of carbonyl (C=O) groups is 1. The number of anilines is 1. The predicted octanol–water partition coefficient (Wildman–Crippen LogP) is 7.53. The lowest BCUT2D eigenvalue weighted by molar-refractivity contribution is 0.0122. The molecule has 6 heterocycles. The van der Waals surface area contributed by atoms with Gasteiger partial charge in [-0.3, -0.25) is 14.8 Å². The lowest BCUT2D eigenvalue weighted by atomic mass is 9.94. The Morgan fingerprint density at radius 2 is 1.73 bits per heavy atom. The Morgan fingerprint density at radius 1 is 1.02 bits per heavy atom. The molecule has 0 aliphatic carbocycles.